The predicted octanol–water partition coefficient (Wildman–Crippen LogP) is 3.21. The van der Waals surface area contributed by atoms with E-state index in [2.05, 4.69) is 30.1 Å². The van der Waals surface area contributed by atoms with Crippen molar-refractivity contribution in [1.82, 2.24) is 4.98 Å². The molecule has 0 atom stereocenters. The molecule has 1 aromatic heterocycles. The van der Waals surface area contributed by atoms with Gasteiger partial charge in [0, 0.05) is 5.52 Å². The van der Waals surface area contributed by atoms with Gasteiger partial charge in [-0.15, -0.1) is 0 Å². The van der Waals surface area contributed by atoms with Gasteiger partial charge in [0.2, 0.25) is 0 Å². The number of aromatic nitrogens is 1. The van der Waals surface area contributed by atoms with E-state index in [1.165, 1.54) is 10.9 Å². The summed E-state index contributed by atoms with van der Waals surface area (Å²) in [4.78, 5) is 3.13. The van der Waals surface area contributed by atoms with Crippen LogP contribution in [0.3, 0.4) is 0 Å². The molecule has 0 aliphatic rings. The number of hydrogen-bond donors (Lipinski definition) is 1. The maximum atomic E-state index is 5.02. The molecule has 2 aromatic rings. The van der Waals surface area contributed by atoms with Crippen molar-refractivity contribution in [3.63, 3.8) is 0 Å². The van der Waals surface area contributed by atoms with Crippen LogP contribution in [-0.4, -0.2) is 4.98 Å². The van der Waals surface area contributed by atoms with Crippen LogP contribution in [0.2, 0.25) is 0 Å². The summed E-state index contributed by atoms with van der Waals surface area (Å²) >= 11 is 5.02. The van der Waals surface area contributed by atoms with Gasteiger partial charge in [-0.3, -0.25) is 0 Å². The van der Waals surface area contributed by atoms with E-state index in [1.807, 2.05) is 12.1 Å². The minimum Gasteiger partial charge on any atom is -0.346 e. The molecule has 1 aromatic carbocycles. The molecule has 12 heavy (non-hydrogen) atoms. The Kier molecular flexibility index (Phi) is 1.70. The molecule has 0 unspecified atom stereocenters. The third-order valence-electron chi connectivity index (χ3n) is 1.88. The Morgan fingerprint density at radius 2 is 2.00 bits per heavy atom. The number of aryl methyl sites for hydroxylation is 1. The molecule has 2 heteroatoms. The number of benzene rings is 1. The van der Waals surface area contributed by atoms with Crippen LogP contribution in [0.15, 0.2) is 30.3 Å². The lowest BCUT2D eigenvalue weighted by Gasteiger charge is -1.98. The first-order valence-electron chi connectivity index (χ1n) is 3.85. The third-order valence-corrected chi connectivity index (χ3v) is 2.12. The Hall–Kier alpha value is -1.15. The fourth-order valence-electron chi connectivity index (χ4n) is 1.27. The molecule has 60 valence electrons. The van der Waals surface area contributed by atoms with Gasteiger partial charge in [-0.05, 0) is 36.6 Å². The zero-order chi connectivity index (χ0) is 8.55. The van der Waals surface area contributed by atoms with E-state index in [0.29, 0.717) is 0 Å². The lowest BCUT2D eigenvalue weighted by molar-refractivity contribution is 1.36. The van der Waals surface area contributed by atoms with Crippen LogP contribution in [0, 0.1) is 11.6 Å². The summed E-state index contributed by atoms with van der Waals surface area (Å²) in [6, 6.07) is 10.2. The second kappa shape index (κ2) is 2.72. The number of nitrogens with one attached hydrogen (secondary N) is 1. The monoisotopic (exact) mass is 175 g/mol. The summed E-state index contributed by atoms with van der Waals surface area (Å²) in [6.07, 6.45) is 0. The molecule has 1 N–H and O–H groups in total. The maximum Gasteiger partial charge on any atom is 0.103 e. The minimum atomic E-state index is 0.784. The molecule has 1 nitrogen and oxygen atoms in total. The van der Waals surface area contributed by atoms with Crippen LogP contribution in [0.1, 0.15) is 5.56 Å². The maximum absolute atomic E-state index is 5.02. The van der Waals surface area contributed by atoms with Crippen molar-refractivity contribution in [3.05, 3.63) is 40.5 Å². The van der Waals surface area contributed by atoms with Gasteiger partial charge in [0.05, 0.1) is 0 Å². The number of hydrogen-bond acceptors (Lipinski definition) is 1. The van der Waals surface area contributed by atoms with Gasteiger partial charge in [0.25, 0.3) is 0 Å². The van der Waals surface area contributed by atoms with E-state index in [-0.39, 0.29) is 0 Å². The lowest BCUT2D eigenvalue weighted by Crippen LogP contribution is -1.79. The van der Waals surface area contributed by atoms with E-state index < -0.39 is 0 Å². The molecule has 0 fully saturated rings. The topological polar surface area (TPSA) is 15.8 Å². The molecule has 0 aliphatic heterocycles. The van der Waals surface area contributed by atoms with Gasteiger partial charge in [-0.1, -0.05) is 23.8 Å². The average molecular weight is 175 g/mol. The molecule has 0 radical (unpaired) electrons. The van der Waals surface area contributed by atoms with E-state index >= 15 is 0 Å². The number of pyridine rings is 1. The Labute approximate surface area is 76.1 Å². The quantitative estimate of drug-likeness (QED) is 0.608. The second-order valence-corrected chi connectivity index (χ2v) is 3.35. The van der Waals surface area contributed by atoms with Crippen molar-refractivity contribution in [2.24, 2.45) is 0 Å². The molecule has 0 saturated carbocycles. The number of aromatic amines is 1. The van der Waals surface area contributed by atoms with Gasteiger partial charge >= 0.3 is 0 Å². The van der Waals surface area contributed by atoms with Crippen molar-refractivity contribution in [2.45, 2.75) is 6.92 Å². The van der Waals surface area contributed by atoms with Crippen LogP contribution in [0.25, 0.3) is 10.9 Å². The molecule has 0 amide bonds. The number of fused-ring (bicyclic) bond motifs is 1. The molecule has 1 heterocycles. The van der Waals surface area contributed by atoms with Crippen molar-refractivity contribution in [2.75, 3.05) is 0 Å². The first-order valence-corrected chi connectivity index (χ1v) is 4.26. The summed E-state index contributed by atoms with van der Waals surface area (Å²) in [7, 11) is 0. The Morgan fingerprint density at radius 3 is 2.83 bits per heavy atom. The fourth-order valence-corrected chi connectivity index (χ4v) is 1.45. The third kappa shape index (κ3) is 1.25. The normalized spacial score (nSPS) is 10.4. The van der Waals surface area contributed by atoms with Gasteiger partial charge in [0.15, 0.2) is 0 Å². The van der Waals surface area contributed by atoms with Gasteiger partial charge in [-0.2, -0.15) is 0 Å². The summed E-state index contributed by atoms with van der Waals surface area (Å²) in [5.74, 6) is 0. The van der Waals surface area contributed by atoms with Gasteiger partial charge in [0.1, 0.15) is 4.64 Å². The van der Waals surface area contributed by atoms with E-state index in [1.54, 1.807) is 0 Å². The van der Waals surface area contributed by atoms with Crippen LogP contribution in [0.4, 0.5) is 0 Å². The number of rotatable bonds is 0. The second-order valence-electron chi connectivity index (χ2n) is 2.91. The zero-order valence-corrected chi connectivity index (χ0v) is 7.61. The van der Waals surface area contributed by atoms with E-state index in [0.717, 1.165) is 10.2 Å². The largest absolute Gasteiger partial charge is 0.346 e. The lowest BCUT2D eigenvalue weighted by atomic mass is 10.1. The smallest absolute Gasteiger partial charge is 0.103 e. The highest BCUT2D eigenvalue weighted by atomic mass is 32.1. The fraction of sp³-hybridized carbons (Fsp3) is 0.100. The van der Waals surface area contributed by atoms with E-state index in [9.17, 15) is 0 Å². The highest BCUT2D eigenvalue weighted by molar-refractivity contribution is 7.71. The Balaban J connectivity index is 2.87. The molecular formula is C10H9NS. The minimum absolute atomic E-state index is 0.784. The van der Waals surface area contributed by atoms with Crippen molar-refractivity contribution < 1.29 is 0 Å². The first-order chi connectivity index (χ1) is 5.75. The van der Waals surface area contributed by atoms with Crippen LogP contribution < -0.4 is 0 Å². The van der Waals surface area contributed by atoms with Crippen LogP contribution in [0.5, 0.6) is 0 Å². The average Bonchev–Trinajstić information content (AvgIpc) is 2.05. The molecule has 0 spiro atoms. The van der Waals surface area contributed by atoms with E-state index in [4.69, 9.17) is 12.2 Å². The molecule has 2 rings (SSSR count). The first kappa shape index (κ1) is 7.50. The molecule has 0 aliphatic carbocycles. The Bertz CT molecular complexity index is 470. The van der Waals surface area contributed by atoms with Crippen molar-refractivity contribution in [1.29, 1.82) is 0 Å². The molecule has 0 bridgehead atoms. The van der Waals surface area contributed by atoms with Gasteiger partial charge in [-0.25, -0.2) is 0 Å². The summed E-state index contributed by atoms with van der Waals surface area (Å²) in [5, 5.41) is 1.21. The predicted molar refractivity (Wildman–Crippen MR) is 53.9 cm³/mol. The Morgan fingerprint density at radius 1 is 1.17 bits per heavy atom. The summed E-state index contributed by atoms with van der Waals surface area (Å²) in [5.41, 5.74) is 2.38. The number of H-pyrrole nitrogens is 1. The van der Waals surface area contributed by atoms with Crippen LogP contribution >= 0.6 is 12.2 Å². The highest BCUT2D eigenvalue weighted by Crippen LogP contribution is 2.12. The van der Waals surface area contributed by atoms with Gasteiger partial charge < -0.3 is 4.98 Å². The van der Waals surface area contributed by atoms with Crippen molar-refractivity contribution >= 4 is 23.1 Å². The summed E-state index contributed by atoms with van der Waals surface area (Å²) < 4.78 is 0.784. The standard InChI is InChI=1S/C10H9NS/c1-7-2-4-9-8(6-7)3-5-10(12)11-9/h2-6H,1H3,(H,11,12). The highest BCUT2D eigenvalue weighted by Gasteiger charge is 1.91. The SMILES string of the molecule is Cc1ccc2[nH]c(=S)ccc2c1. The zero-order valence-electron chi connectivity index (χ0n) is 6.79. The van der Waals surface area contributed by atoms with Crippen molar-refractivity contribution in [3.8, 4) is 0 Å². The molecular weight excluding hydrogens is 166 g/mol. The summed E-state index contributed by atoms with van der Waals surface area (Å²) in [6.45, 7) is 2.08. The molecule has 0 saturated heterocycles. The van der Waals surface area contributed by atoms with Crippen LogP contribution in [-0.2, 0) is 0 Å².